The monoisotopic (exact) mass is 425 g/mol. The Labute approximate surface area is 166 Å². The molecule has 0 aliphatic carbocycles. The number of rotatable bonds is 5. The number of nitrogens with one attached hydrogen (secondary N) is 2. The molecule has 0 fully saturated rings. The maximum absolute atomic E-state index is 12.0. The van der Waals surface area contributed by atoms with Gasteiger partial charge in [-0.15, -0.1) is 47.5 Å². The van der Waals surface area contributed by atoms with E-state index in [1.165, 1.54) is 16.9 Å². The van der Waals surface area contributed by atoms with Crippen LogP contribution in [0.2, 0.25) is 4.34 Å². The molecule has 2 N–H and O–H groups in total. The van der Waals surface area contributed by atoms with Crippen LogP contribution < -0.4 is 10.6 Å². The Kier molecular flexibility index (Phi) is 9.26. The summed E-state index contributed by atoms with van der Waals surface area (Å²) in [4.78, 5) is 17.6. The second-order valence-electron chi connectivity index (χ2n) is 5.02. The van der Waals surface area contributed by atoms with E-state index in [4.69, 9.17) is 11.6 Å². The molecule has 0 radical (unpaired) electrons. The van der Waals surface area contributed by atoms with Crippen molar-refractivity contribution >= 4 is 65.0 Å². The van der Waals surface area contributed by atoms with E-state index in [2.05, 4.69) is 21.7 Å². The normalized spacial score (nSPS) is 13.5. The zero-order chi connectivity index (χ0) is 15.4. The highest BCUT2D eigenvalue weighted by Gasteiger charge is 2.11. The lowest BCUT2D eigenvalue weighted by Gasteiger charge is -2.14. The van der Waals surface area contributed by atoms with Crippen molar-refractivity contribution in [2.24, 2.45) is 0 Å². The molecule has 2 aromatic rings. The number of halogens is 3. The zero-order valence-electron chi connectivity index (χ0n) is 12.7. The average Bonchev–Trinajstić information content (AvgIpc) is 3.15. The van der Waals surface area contributed by atoms with Crippen LogP contribution in [0, 0.1) is 0 Å². The highest BCUT2D eigenvalue weighted by atomic mass is 35.5. The molecular weight excluding hydrogens is 409 g/mol. The highest BCUT2D eigenvalue weighted by Crippen LogP contribution is 2.32. The van der Waals surface area contributed by atoms with Crippen molar-refractivity contribution in [1.29, 1.82) is 0 Å². The van der Waals surface area contributed by atoms with Crippen molar-refractivity contribution in [1.82, 2.24) is 15.6 Å². The van der Waals surface area contributed by atoms with Gasteiger partial charge in [-0.05, 0) is 25.1 Å². The molecule has 9 heteroatoms. The fourth-order valence-electron chi connectivity index (χ4n) is 2.20. The maximum atomic E-state index is 12.0. The standard InChI is InChI=1S/C15H16ClN3OS2.2ClH/c16-13-2-1-12(22-13)15-19-11(9-21-15)7-14(20)18-8-10-3-5-17-6-4-10;;/h1-3,9,17H,4-8H2,(H,18,20);2*1H. The third-order valence-corrected chi connectivity index (χ3v) is 5.64. The topological polar surface area (TPSA) is 54.0 Å². The molecule has 0 bridgehead atoms. The third kappa shape index (κ3) is 6.02. The zero-order valence-corrected chi connectivity index (χ0v) is 16.7. The van der Waals surface area contributed by atoms with Crippen LogP contribution in [0.25, 0.3) is 9.88 Å². The van der Waals surface area contributed by atoms with Crippen molar-refractivity contribution in [3.63, 3.8) is 0 Å². The van der Waals surface area contributed by atoms with Crippen molar-refractivity contribution in [2.75, 3.05) is 19.6 Å². The Hall–Kier alpha value is -0.630. The minimum atomic E-state index is 0. The van der Waals surface area contributed by atoms with E-state index < -0.39 is 0 Å². The number of hydrogen-bond acceptors (Lipinski definition) is 5. The van der Waals surface area contributed by atoms with Gasteiger partial charge in [0.1, 0.15) is 5.01 Å². The van der Waals surface area contributed by atoms with Crippen LogP contribution in [0.5, 0.6) is 0 Å². The second-order valence-corrected chi connectivity index (χ2v) is 7.59. The first-order chi connectivity index (χ1) is 10.7. The molecule has 0 aromatic carbocycles. The number of nitrogens with zero attached hydrogens (tertiary/aromatic N) is 1. The molecule has 132 valence electrons. The van der Waals surface area contributed by atoms with E-state index in [0.717, 1.165) is 39.4 Å². The molecule has 0 spiro atoms. The molecule has 4 nitrogen and oxygen atoms in total. The van der Waals surface area contributed by atoms with E-state index in [1.54, 1.807) is 11.3 Å². The van der Waals surface area contributed by atoms with E-state index in [1.807, 2.05) is 17.5 Å². The first-order valence-electron chi connectivity index (χ1n) is 7.06. The largest absolute Gasteiger partial charge is 0.352 e. The molecule has 1 aliphatic heterocycles. The minimum Gasteiger partial charge on any atom is -0.352 e. The highest BCUT2D eigenvalue weighted by molar-refractivity contribution is 7.23. The lowest BCUT2D eigenvalue weighted by atomic mass is 10.1. The first-order valence-corrected chi connectivity index (χ1v) is 9.13. The van der Waals surface area contributed by atoms with Crippen LogP contribution in [0.3, 0.4) is 0 Å². The van der Waals surface area contributed by atoms with Gasteiger partial charge in [0.25, 0.3) is 0 Å². The van der Waals surface area contributed by atoms with Crippen LogP contribution in [0.4, 0.5) is 0 Å². The van der Waals surface area contributed by atoms with Gasteiger partial charge in [-0.3, -0.25) is 4.79 Å². The summed E-state index contributed by atoms with van der Waals surface area (Å²) in [6.07, 6.45) is 3.46. The summed E-state index contributed by atoms with van der Waals surface area (Å²) in [5.41, 5.74) is 2.10. The van der Waals surface area contributed by atoms with Gasteiger partial charge in [-0.2, -0.15) is 0 Å². The summed E-state index contributed by atoms with van der Waals surface area (Å²) in [5, 5.41) is 9.08. The molecule has 3 heterocycles. The Morgan fingerprint density at radius 3 is 2.88 bits per heavy atom. The van der Waals surface area contributed by atoms with Gasteiger partial charge in [0.2, 0.25) is 5.91 Å². The summed E-state index contributed by atoms with van der Waals surface area (Å²) in [6.45, 7) is 2.52. The van der Waals surface area contributed by atoms with E-state index in [-0.39, 0.29) is 30.7 Å². The summed E-state index contributed by atoms with van der Waals surface area (Å²) in [7, 11) is 0. The molecular formula is C15H18Cl3N3OS2. The molecule has 0 atom stereocenters. The van der Waals surface area contributed by atoms with Gasteiger partial charge in [0.15, 0.2) is 0 Å². The molecule has 24 heavy (non-hydrogen) atoms. The summed E-state index contributed by atoms with van der Waals surface area (Å²) in [6, 6.07) is 3.82. The van der Waals surface area contributed by atoms with Crippen LogP contribution >= 0.6 is 59.1 Å². The number of thiazole rings is 1. The Bertz CT molecular complexity index is 700. The van der Waals surface area contributed by atoms with E-state index in [0.29, 0.717) is 13.0 Å². The van der Waals surface area contributed by atoms with Crippen molar-refractivity contribution in [3.05, 3.63) is 39.2 Å². The first kappa shape index (κ1) is 21.4. The fraction of sp³-hybridized carbons (Fsp3) is 0.333. The summed E-state index contributed by atoms with van der Waals surface area (Å²) >= 11 is 8.98. The van der Waals surface area contributed by atoms with E-state index >= 15 is 0 Å². The Morgan fingerprint density at radius 1 is 1.38 bits per heavy atom. The number of amides is 1. The van der Waals surface area contributed by atoms with Gasteiger partial charge >= 0.3 is 0 Å². The van der Waals surface area contributed by atoms with Crippen molar-refractivity contribution in [2.45, 2.75) is 12.8 Å². The second kappa shape index (κ2) is 10.4. The van der Waals surface area contributed by atoms with Gasteiger partial charge in [-0.1, -0.05) is 23.3 Å². The van der Waals surface area contributed by atoms with Crippen LogP contribution in [0.1, 0.15) is 12.1 Å². The number of thiophene rings is 1. The van der Waals surface area contributed by atoms with Crippen molar-refractivity contribution in [3.8, 4) is 9.88 Å². The van der Waals surface area contributed by atoms with Crippen LogP contribution in [-0.2, 0) is 11.2 Å². The molecule has 0 saturated carbocycles. The molecule has 3 rings (SSSR count). The molecule has 1 aliphatic rings. The number of hydrogen-bond donors (Lipinski definition) is 2. The number of carbonyl (C=O) groups excluding carboxylic acids is 1. The van der Waals surface area contributed by atoms with Crippen LogP contribution in [0.15, 0.2) is 29.2 Å². The number of aromatic nitrogens is 1. The van der Waals surface area contributed by atoms with Gasteiger partial charge in [-0.25, -0.2) is 4.98 Å². The van der Waals surface area contributed by atoms with Gasteiger partial charge in [0, 0.05) is 18.5 Å². The van der Waals surface area contributed by atoms with Gasteiger partial charge in [0.05, 0.1) is 21.3 Å². The Morgan fingerprint density at radius 2 is 2.21 bits per heavy atom. The van der Waals surface area contributed by atoms with Gasteiger partial charge < -0.3 is 10.6 Å². The third-order valence-electron chi connectivity index (χ3n) is 3.35. The maximum Gasteiger partial charge on any atom is 0.226 e. The van der Waals surface area contributed by atoms with Crippen molar-refractivity contribution < 1.29 is 4.79 Å². The van der Waals surface area contributed by atoms with E-state index in [9.17, 15) is 4.79 Å². The Balaban J connectivity index is 0.00000144. The minimum absolute atomic E-state index is 0. The SMILES string of the molecule is Cl.Cl.O=C(Cc1csc(-c2ccc(Cl)s2)n1)NCC1=CCNCC1. The predicted octanol–water partition coefficient (Wildman–Crippen LogP) is 3.95. The summed E-state index contributed by atoms with van der Waals surface area (Å²) < 4.78 is 0.750. The lowest BCUT2D eigenvalue weighted by molar-refractivity contribution is -0.120. The average molecular weight is 427 g/mol. The smallest absolute Gasteiger partial charge is 0.226 e. The summed E-state index contributed by atoms with van der Waals surface area (Å²) in [5.74, 6) is 0.0143. The fourth-order valence-corrected chi connectivity index (χ4v) is 4.13. The quantitative estimate of drug-likeness (QED) is 0.712. The lowest BCUT2D eigenvalue weighted by Crippen LogP contribution is -2.30. The molecule has 0 saturated heterocycles. The molecule has 1 amide bonds. The van der Waals surface area contributed by atoms with Crippen LogP contribution in [-0.4, -0.2) is 30.5 Å². The predicted molar refractivity (Wildman–Crippen MR) is 107 cm³/mol. The number of carbonyl (C=O) groups is 1. The molecule has 0 unspecified atom stereocenters. The molecule has 2 aromatic heterocycles.